The van der Waals surface area contributed by atoms with Gasteiger partial charge in [-0.2, -0.15) is 0 Å². The first-order valence-corrected chi connectivity index (χ1v) is 38.5. The lowest BCUT2D eigenvalue weighted by atomic mass is 9.80. The summed E-state index contributed by atoms with van der Waals surface area (Å²) in [6.07, 6.45) is 0. The molecule has 0 aliphatic heterocycles. The molecule has 516 valence electrons. The van der Waals surface area contributed by atoms with Crippen LogP contribution in [0.25, 0.3) is 198 Å². The predicted octanol–water partition coefficient (Wildman–Crippen LogP) is 28.3. The van der Waals surface area contributed by atoms with Crippen LogP contribution >= 0.6 is 0 Å². The van der Waals surface area contributed by atoms with Crippen LogP contribution in [0.15, 0.2) is 364 Å². The molecule has 2 aliphatic rings. The molecule has 110 heavy (non-hydrogen) atoms. The fourth-order valence-corrected chi connectivity index (χ4v) is 19.7. The normalized spacial score (nSPS) is 13.4. The first kappa shape index (κ1) is 62.4. The van der Waals surface area contributed by atoms with Crippen molar-refractivity contribution in [3.05, 3.63) is 386 Å². The highest BCUT2D eigenvalue weighted by Gasteiger charge is 2.40. The van der Waals surface area contributed by atoms with E-state index in [1.165, 1.54) is 220 Å². The second-order valence-electron chi connectivity index (χ2n) is 31.5. The summed E-state index contributed by atoms with van der Waals surface area (Å²) in [4.78, 5) is 0. The zero-order valence-corrected chi connectivity index (χ0v) is 61.4. The number of para-hydroxylation sites is 2. The molecule has 22 aromatic rings. The van der Waals surface area contributed by atoms with Crippen molar-refractivity contribution in [1.29, 1.82) is 0 Å². The topological polar surface area (TPSA) is 19.7 Å². The highest BCUT2D eigenvalue weighted by molar-refractivity contribution is 6.20. The lowest BCUT2D eigenvalue weighted by Gasteiger charge is -2.22. The molecule has 0 bridgehead atoms. The maximum atomic E-state index is 2.49. The molecule has 0 N–H and O–H groups in total. The SMILES string of the molecule is CC1(C)c2ccccc2-c2c1ccc1c2c2cc(-c3ccc4c(c3)c3ccccc3n4-c3ccc4ccccc4c3)ccc2n1-c1ccc2ccccc2c1.CC1(C)c2ccccc2-c2ccc3c(c21)c1cc(-c2ccc4c(c2)c2ccccc2n4-c2ccc4ccccc4c2)ccc1n3-c1ccc2ccccc2c1. The van der Waals surface area contributed by atoms with Crippen LogP contribution in [-0.4, -0.2) is 18.3 Å². The van der Waals surface area contributed by atoms with Gasteiger partial charge in [-0.15, -0.1) is 0 Å². The van der Waals surface area contributed by atoms with E-state index in [1.54, 1.807) is 0 Å². The number of fused-ring (bicyclic) bond motifs is 24. The zero-order valence-electron chi connectivity index (χ0n) is 61.4. The van der Waals surface area contributed by atoms with Gasteiger partial charge in [-0.3, -0.25) is 0 Å². The van der Waals surface area contributed by atoms with Crippen molar-refractivity contribution >= 4 is 130 Å². The summed E-state index contributed by atoms with van der Waals surface area (Å²) < 4.78 is 9.81. The van der Waals surface area contributed by atoms with Crippen LogP contribution in [0.4, 0.5) is 0 Å². The van der Waals surface area contributed by atoms with Crippen molar-refractivity contribution in [3.8, 4) is 67.3 Å². The van der Waals surface area contributed by atoms with Crippen LogP contribution in [0.2, 0.25) is 0 Å². The fraction of sp³-hybridized carbons (Fsp3) is 0.0566. The van der Waals surface area contributed by atoms with E-state index in [2.05, 4.69) is 410 Å². The van der Waals surface area contributed by atoms with Gasteiger partial charge in [-0.1, -0.05) is 270 Å². The summed E-state index contributed by atoms with van der Waals surface area (Å²) in [6.45, 7) is 9.56. The number of benzene rings is 18. The van der Waals surface area contributed by atoms with Crippen molar-refractivity contribution in [1.82, 2.24) is 18.3 Å². The Kier molecular flexibility index (Phi) is 13.2. The zero-order chi connectivity index (χ0) is 72.8. The standard InChI is InChI=1S/2C53H36N2/c1-53(2)45-17-9-7-16-42(45)51-46(53)25-28-50-52(51)44-32-38(22-27-49(44)55(50)40-24-20-34-12-4-6-14-36(34)30-40)37-21-26-48-43(31-37)41-15-8-10-18-47(41)54(48)39-23-19-33-11-3-5-13-35(33)29-39;1-53(2)46-17-9-7-15-41(46)43-25-28-50-51(52(43)53)45-32-38(22-27-49(45)55(50)40-24-20-34-12-4-6-14-36(34)30-40)37-21-26-48-44(31-37)42-16-8-10-18-47(42)54(48)39-23-19-33-11-3-5-13-35(33)29-39/h2*3-32H,1-2H3. The Morgan fingerprint density at radius 1 is 0.191 bits per heavy atom. The van der Waals surface area contributed by atoms with Crippen LogP contribution in [0.1, 0.15) is 49.9 Å². The third kappa shape index (κ3) is 9.08. The smallest absolute Gasteiger partial charge is 0.0547 e. The second kappa shape index (κ2) is 23.4. The van der Waals surface area contributed by atoms with Crippen molar-refractivity contribution < 1.29 is 0 Å². The Morgan fingerprint density at radius 2 is 0.509 bits per heavy atom. The molecule has 0 saturated carbocycles. The molecule has 2 aliphatic carbocycles. The van der Waals surface area contributed by atoms with Gasteiger partial charge in [-0.05, 0) is 231 Å². The number of aromatic nitrogens is 4. The number of nitrogens with zero attached hydrogens (tertiary/aromatic N) is 4. The molecular formula is C106H72N4. The lowest BCUT2D eigenvalue weighted by molar-refractivity contribution is 0.661. The minimum absolute atomic E-state index is 0.0839. The van der Waals surface area contributed by atoms with Gasteiger partial charge < -0.3 is 18.3 Å². The summed E-state index contributed by atoms with van der Waals surface area (Å²) in [5, 5.41) is 20.3. The van der Waals surface area contributed by atoms with Crippen molar-refractivity contribution in [2.24, 2.45) is 0 Å². The summed E-state index contributed by atoms with van der Waals surface area (Å²) in [7, 11) is 0. The van der Waals surface area contributed by atoms with Crippen molar-refractivity contribution in [2.45, 2.75) is 38.5 Å². The Morgan fingerprint density at radius 3 is 0.964 bits per heavy atom. The van der Waals surface area contributed by atoms with E-state index in [9.17, 15) is 0 Å². The van der Waals surface area contributed by atoms with Gasteiger partial charge >= 0.3 is 0 Å². The Hall–Kier alpha value is -13.8. The Bertz CT molecular complexity index is 7730. The van der Waals surface area contributed by atoms with Crippen LogP contribution in [-0.2, 0) is 10.8 Å². The molecular weight excluding hydrogens is 1330 g/mol. The fourth-order valence-electron chi connectivity index (χ4n) is 19.7. The largest absolute Gasteiger partial charge is 0.309 e. The Balaban J connectivity index is 0.000000132. The van der Waals surface area contributed by atoms with E-state index >= 15 is 0 Å². The van der Waals surface area contributed by atoms with Gasteiger partial charge in [0.15, 0.2) is 0 Å². The quantitative estimate of drug-likeness (QED) is 0.158. The Labute approximate surface area is 636 Å². The highest BCUT2D eigenvalue weighted by Crippen LogP contribution is 2.56. The van der Waals surface area contributed by atoms with E-state index < -0.39 is 0 Å². The van der Waals surface area contributed by atoms with Gasteiger partial charge in [-0.25, -0.2) is 0 Å². The molecule has 0 amide bonds. The maximum absolute atomic E-state index is 2.49. The monoisotopic (exact) mass is 1400 g/mol. The molecule has 0 atom stereocenters. The summed E-state index contributed by atoms with van der Waals surface area (Å²) in [5.41, 5.74) is 30.2. The summed E-state index contributed by atoms with van der Waals surface area (Å²) in [5.74, 6) is 0. The van der Waals surface area contributed by atoms with E-state index in [-0.39, 0.29) is 10.8 Å². The molecule has 18 aromatic carbocycles. The minimum Gasteiger partial charge on any atom is -0.309 e. The average molecular weight is 1400 g/mol. The van der Waals surface area contributed by atoms with E-state index in [0.29, 0.717) is 0 Å². The van der Waals surface area contributed by atoms with Crippen LogP contribution < -0.4 is 0 Å². The molecule has 0 radical (unpaired) electrons. The third-order valence-corrected chi connectivity index (χ3v) is 24.9. The number of hydrogen-bond donors (Lipinski definition) is 0. The van der Waals surface area contributed by atoms with Crippen LogP contribution in [0.3, 0.4) is 0 Å². The minimum atomic E-state index is -0.145. The second-order valence-corrected chi connectivity index (χ2v) is 31.5. The van der Waals surface area contributed by atoms with Gasteiger partial charge in [0, 0.05) is 76.7 Å². The molecule has 0 saturated heterocycles. The number of rotatable bonds is 6. The van der Waals surface area contributed by atoms with Crippen LogP contribution in [0, 0.1) is 0 Å². The van der Waals surface area contributed by atoms with E-state index in [1.807, 2.05) is 0 Å². The molecule has 4 heteroatoms. The first-order valence-electron chi connectivity index (χ1n) is 38.5. The molecule has 4 heterocycles. The van der Waals surface area contributed by atoms with Gasteiger partial charge in [0.1, 0.15) is 0 Å². The maximum Gasteiger partial charge on any atom is 0.0547 e. The molecule has 0 spiro atoms. The van der Waals surface area contributed by atoms with Gasteiger partial charge in [0.2, 0.25) is 0 Å². The molecule has 4 nitrogen and oxygen atoms in total. The first-order chi connectivity index (χ1) is 54.1. The van der Waals surface area contributed by atoms with Gasteiger partial charge in [0.25, 0.3) is 0 Å². The molecule has 0 fully saturated rings. The van der Waals surface area contributed by atoms with Gasteiger partial charge in [0.05, 0.1) is 44.1 Å². The molecule has 0 unspecified atom stereocenters. The third-order valence-electron chi connectivity index (χ3n) is 24.9. The lowest BCUT2D eigenvalue weighted by Crippen LogP contribution is -2.15. The summed E-state index contributed by atoms with van der Waals surface area (Å²) in [6, 6.07) is 135. The number of hydrogen-bond acceptors (Lipinski definition) is 0. The van der Waals surface area contributed by atoms with Crippen molar-refractivity contribution in [2.75, 3.05) is 0 Å². The van der Waals surface area contributed by atoms with Crippen molar-refractivity contribution in [3.63, 3.8) is 0 Å². The average Bonchev–Trinajstić information content (AvgIpc) is 1.54. The highest BCUT2D eigenvalue weighted by atomic mass is 15.0. The van der Waals surface area contributed by atoms with E-state index in [0.717, 1.165) is 0 Å². The van der Waals surface area contributed by atoms with Crippen LogP contribution in [0.5, 0.6) is 0 Å². The summed E-state index contributed by atoms with van der Waals surface area (Å²) >= 11 is 0. The predicted molar refractivity (Wildman–Crippen MR) is 466 cm³/mol. The molecule has 24 rings (SSSR count). The van der Waals surface area contributed by atoms with E-state index in [4.69, 9.17) is 0 Å². The molecule has 4 aromatic heterocycles.